The van der Waals surface area contributed by atoms with Gasteiger partial charge in [0.15, 0.2) is 5.76 Å². The number of hydrogen-bond donors (Lipinski definition) is 1. The van der Waals surface area contributed by atoms with Crippen molar-refractivity contribution in [2.45, 2.75) is 11.5 Å². The van der Waals surface area contributed by atoms with Gasteiger partial charge in [0, 0.05) is 24.1 Å². The largest absolute Gasteiger partial charge is 0.438 e. The predicted octanol–water partition coefficient (Wildman–Crippen LogP) is 2.04. The number of carbonyl (C=O) groups is 1. The molecule has 0 atom stereocenters. The molecule has 26 heavy (non-hydrogen) atoms. The molecule has 0 aliphatic carbocycles. The Morgan fingerprint density at radius 3 is 2.50 bits per heavy atom. The average Bonchev–Trinajstić information content (AvgIpc) is 3.15. The molecular formula is C17H19BrN2O5S. The Balaban J connectivity index is 1.58. The summed E-state index contributed by atoms with van der Waals surface area (Å²) in [7, 11) is -3.74. The van der Waals surface area contributed by atoms with Gasteiger partial charge in [-0.2, -0.15) is 4.31 Å². The van der Waals surface area contributed by atoms with Crippen molar-refractivity contribution in [3.63, 3.8) is 0 Å². The van der Waals surface area contributed by atoms with E-state index in [1.807, 2.05) is 24.3 Å². The fourth-order valence-corrected chi connectivity index (χ4v) is 4.14. The Kier molecular flexibility index (Phi) is 6.13. The minimum Gasteiger partial charge on any atom is -0.438 e. The lowest BCUT2D eigenvalue weighted by Gasteiger charge is -2.24. The van der Waals surface area contributed by atoms with Gasteiger partial charge in [-0.05, 0) is 36.2 Å². The Hall–Kier alpha value is -1.68. The number of furan rings is 1. The highest BCUT2D eigenvalue weighted by atomic mass is 79.9. The zero-order chi connectivity index (χ0) is 18.6. The third-order valence-electron chi connectivity index (χ3n) is 3.98. The van der Waals surface area contributed by atoms with Crippen molar-refractivity contribution in [1.29, 1.82) is 0 Å². The van der Waals surface area contributed by atoms with E-state index in [0.29, 0.717) is 26.2 Å². The molecule has 0 spiro atoms. The summed E-state index contributed by atoms with van der Waals surface area (Å²) in [5.41, 5.74) is 1.09. The highest BCUT2D eigenvalue weighted by Crippen LogP contribution is 2.20. The van der Waals surface area contributed by atoms with Crippen LogP contribution < -0.4 is 5.32 Å². The number of nitrogens with zero attached hydrogens (tertiary/aromatic N) is 1. The molecule has 1 aromatic carbocycles. The van der Waals surface area contributed by atoms with Crippen molar-refractivity contribution >= 4 is 31.9 Å². The number of benzene rings is 1. The van der Waals surface area contributed by atoms with Gasteiger partial charge < -0.3 is 14.5 Å². The lowest BCUT2D eigenvalue weighted by atomic mass is 10.1. The van der Waals surface area contributed by atoms with Crippen molar-refractivity contribution < 1.29 is 22.4 Å². The van der Waals surface area contributed by atoms with Gasteiger partial charge in [0.05, 0.1) is 13.2 Å². The summed E-state index contributed by atoms with van der Waals surface area (Å²) in [6.45, 7) is 1.68. The molecule has 1 amide bonds. The van der Waals surface area contributed by atoms with E-state index in [0.717, 1.165) is 10.0 Å². The van der Waals surface area contributed by atoms with Crippen LogP contribution >= 0.6 is 15.9 Å². The van der Waals surface area contributed by atoms with E-state index < -0.39 is 15.9 Å². The van der Waals surface area contributed by atoms with Crippen molar-refractivity contribution in [3.8, 4) is 0 Å². The van der Waals surface area contributed by atoms with Gasteiger partial charge in [-0.15, -0.1) is 0 Å². The molecule has 1 fully saturated rings. The van der Waals surface area contributed by atoms with Crippen LogP contribution in [0.3, 0.4) is 0 Å². The van der Waals surface area contributed by atoms with Gasteiger partial charge in [-0.1, -0.05) is 28.1 Å². The van der Waals surface area contributed by atoms with Gasteiger partial charge in [-0.25, -0.2) is 8.42 Å². The van der Waals surface area contributed by atoms with Gasteiger partial charge in [0.25, 0.3) is 15.9 Å². The van der Waals surface area contributed by atoms with Crippen LogP contribution in [0.4, 0.5) is 0 Å². The minimum atomic E-state index is -3.74. The summed E-state index contributed by atoms with van der Waals surface area (Å²) < 4.78 is 37.7. The maximum Gasteiger partial charge on any atom is 0.287 e. The fourth-order valence-electron chi connectivity index (χ4n) is 2.55. The third kappa shape index (κ3) is 4.53. The van der Waals surface area contributed by atoms with Crippen LogP contribution in [0.1, 0.15) is 16.1 Å². The highest BCUT2D eigenvalue weighted by Gasteiger charge is 2.29. The highest BCUT2D eigenvalue weighted by molar-refractivity contribution is 9.10. The van der Waals surface area contributed by atoms with Crippen molar-refractivity contribution in [2.75, 3.05) is 32.8 Å². The van der Waals surface area contributed by atoms with Gasteiger partial charge >= 0.3 is 0 Å². The first kappa shape index (κ1) is 19.1. The summed E-state index contributed by atoms with van der Waals surface area (Å²) in [4.78, 5) is 12.2. The summed E-state index contributed by atoms with van der Waals surface area (Å²) in [5.74, 6) is -0.460. The standard InChI is InChI=1S/C17H19BrN2O5S/c18-14-3-1-13(2-4-14)7-8-19-17(21)15-5-6-16(25-15)26(22,23)20-9-11-24-12-10-20/h1-6H,7-12H2,(H,19,21). The number of carbonyl (C=O) groups excluding carboxylic acids is 1. The van der Waals surface area contributed by atoms with Crippen molar-refractivity contribution in [2.24, 2.45) is 0 Å². The summed E-state index contributed by atoms with van der Waals surface area (Å²) in [6.07, 6.45) is 0.665. The van der Waals surface area contributed by atoms with Crippen LogP contribution in [0.2, 0.25) is 0 Å². The molecule has 3 rings (SSSR count). The topological polar surface area (TPSA) is 88.9 Å². The summed E-state index contributed by atoms with van der Waals surface area (Å²) >= 11 is 3.37. The summed E-state index contributed by atoms with van der Waals surface area (Å²) in [5, 5.41) is 2.51. The number of nitrogens with one attached hydrogen (secondary N) is 1. The molecule has 2 heterocycles. The van der Waals surface area contributed by atoms with Crippen LogP contribution in [-0.2, 0) is 21.2 Å². The second-order valence-corrected chi connectivity index (χ2v) is 8.55. The smallest absolute Gasteiger partial charge is 0.287 e. The maximum atomic E-state index is 12.5. The molecule has 0 unspecified atom stereocenters. The lowest BCUT2D eigenvalue weighted by molar-refractivity contribution is 0.0722. The molecule has 7 nitrogen and oxygen atoms in total. The quantitative estimate of drug-likeness (QED) is 0.738. The Morgan fingerprint density at radius 1 is 1.12 bits per heavy atom. The number of morpholine rings is 1. The zero-order valence-corrected chi connectivity index (χ0v) is 16.4. The number of rotatable bonds is 6. The third-order valence-corrected chi connectivity index (χ3v) is 6.28. The van der Waals surface area contributed by atoms with Crippen LogP contribution in [0.15, 0.2) is 50.4 Å². The molecular weight excluding hydrogens is 424 g/mol. The molecule has 0 saturated carbocycles. The average molecular weight is 443 g/mol. The monoisotopic (exact) mass is 442 g/mol. The molecule has 0 radical (unpaired) electrons. The normalized spacial score (nSPS) is 15.7. The van der Waals surface area contributed by atoms with E-state index in [9.17, 15) is 13.2 Å². The second kappa shape index (κ2) is 8.34. The molecule has 2 aromatic rings. The van der Waals surface area contributed by atoms with E-state index in [1.165, 1.54) is 16.4 Å². The fraction of sp³-hybridized carbons (Fsp3) is 0.353. The molecule has 140 valence electrons. The molecule has 0 bridgehead atoms. The number of sulfonamides is 1. The van der Waals surface area contributed by atoms with Gasteiger partial charge in [-0.3, -0.25) is 4.79 Å². The van der Waals surface area contributed by atoms with Crippen LogP contribution in [0, 0.1) is 0 Å². The predicted molar refractivity (Wildman–Crippen MR) is 98.5 cm³/mol. The zero-order valence-electron chi connectivity index (χ0n) is 14.0. The van der Waals surface area contributed by atoms with Crippen LogP contribution in [0.25, 0.3) is 0 Å². The van der Waals surface area contributed by atoms with Gasteiger partial charge in [0.1, 0.15) is 0 Å². The lowest BCUT2D eigenvalue weighted by Crippen LogP contribution is -2.40. The molecule has 1 saturated heterocycles. The van der Waals surface area contributed by atoms with Crippen LogP contribution in [-0.4, -0.2) is 51.5 Å². The number of amides is 1. The number of hydrogen-bond acceptors (Lipinski definition) is 5. The number of halogens is 1. The SMILES string of the molecule is O=C(NCCc1ccc(Br)cc1)c1ccc(S(=O)(=O)N2CCOCC2)o1. The molecule has 1 aliphatic heterocycles. The molecule has 1 N–H and O–H groups in total. The van der Waals surface area contributed by atoms with Gasteiger partial charge in [0.2, 0.25) is 5.09 Å². The van der Waals surface area contributed by atoms with E-state index >= 15 is 0 Å². The maximum absolute atomic E-state index is 12.5. The Bertz CT molecular complexity index is 858. The first-order chi connectivity index (χ1) is 12.5. The molecule has 9 heteroatoms. The molecule has 1 aliphatic rings. The molecule has 1 aromatic heterocycles. The first-order valence-electron chi connectivity index (χ1n) is 8.17. The first-order valence-corrected chi connectivity index (χ1v) is 10.4. The number of ether oxygens (including phenoxy) is 1. The van der Waals surface area contributed by atoms with E-state index in [2.05, 4.69) is 21.2 Å². The van der Waals surface area contributed by atoms with E-state index in [1.54, 1.807) is 0 Å². The second-order valence-electron chi connectivity index (χ2n) is 5.77. The van der Waals surface area contributed by atoms with E-state index in [-0.39, 0.29) is 23.9 Å². The van der Waals surface area contributed by atoms with Crippen molar-refractivity contribution in [3.05, 3.63) is 52.2 Å². The Labute approximate surface area is 160 Å². The van der Waals surface area contributed by atoms with E-state index in [4.69, 9.17) is 9.15 Å². The summed E-state index contributed by atoms with van der Waals surface area (Å²) in [6, 6.07) is 10.5. The van der Waals surface area contributed by atoms with Crippen molar-refractivity contribution in [1.82, 2.24) is 9.62 Å². The minimum absolute atomic E-state index is 0.0207. The van der Waals surface area contributed by atoms with Crippen LogP contribution in [0.5, 0.6) is 0 Å². The Morgan fingerprint density at radius 2 is 1.81 bits per heavy atom.